The van der Waals surface area contributed by atoms with Crippen molar-refractivity contribution in [1.29, 1.82) is 5.26 Å². The van der Waals surface area contributed by atoms with Crippen LogP contribution in [0, 0.1) is 11.3 Å². The number of methoxy groups -OCH3 is 1. The van der Waals surface area contributed by atoms with E-state index in [9.17, 15) is 9.90 Å². The van der Waals surface area contributed by atoms with Gasteiger partial charge < -0.3 is 15.2 Å². The van der Waals surface area contributed by atoms with E-state index >= 15 is 0 Å². The number of anilines is 1. The quantitative estimate of drug-likeness (QED) is 0.857. The Balaban J connectivity index is 2.29. The normalized spacial score (nSPS) is 12.8. The lowest BCUT2D eigenvalue weighted by Gasteiger charge is -2.24. The highest BCUT2D eigenvalue weighted by molar-refractivity contribution is 5.81. The number of aliphatic hydroxyl groups is 1. The zero-order valence-corrected chi connectivity index (χ0v) is 13.0. The fourth-order valence-electron chi connectivity index (χ4n) is 2.21. The highest BCUT2D eigenvalue weighted by Crippen LogP contribution is 2.25. The van der Waals surface area contributed by atoms with Crippen molar-refractivity contribution in [2.24, 2.45) is 0 Å². The first kappa shape index (κ1) is 16.5. The van der Waals surface area contributed by atoms with Crippen LogP contribution in [0.3, 0.4) is 0 Å². The molecule has 0 aliphatic heterocycles. The molecule has 0 saturated carbocycles. The van der Waals surface area contributed by atoms with Crippen molar-refractivity contribution < 1.29 is 14.6 Å². The van der Waals surface area contributed by atoms with Crippen LogP contribution in [-0.4, -0.2) is 24.1 Å². The van der Waals surface area contributed by atoms with Crippen LogP contribution in [0.15, 0.2) is 48.5 Å². The van der Waals surface area contributed by atoms with Crippen molar-refractivity contribution in [2.75, 3.05) is 12.4 Å². The van der Waals surface area contributed by atoms with Gasteiger partial charge in [-0.05, 0) is 48.9 Å². The molecule has 0 amide bonds. The molecular formula is C18H18N2O3. The smallest absolute Gasteiger partial charge is 0.160 e. The number of aliphatic hydroxyl groups excluding tert-OH is 1. The van der Waals surface area contributed by atoms with Crippen LogP contribution < -0.4 is 10.1 Å². The average Bonchev–Trinajstić information content (AvgIpc) is 2.59. The SMILES string of the molecule is COc1ccc(N[C@H](c2ccc(C#N)cc2)[C@@H](O)C(C)=O)cc1. The van der Waals surface area contributed by atoms with Crippen molar-refractivity contribution in [2.45, 2.75) is 19.1 Å². The molecule has 0 heterocycles. The van der Waals surface area contributed by atoms with E-state index in [-0.39, 0.29) is 5.78 Å². The summed E-state index contributed by atoms with van der Waals surface area (Å²) < 4.78 is 5.11. The predicted molar refractivity (Wildman–Crippen MR) is 87.2 cm³/mol. The van der Waals surface area contributed by atoms with Crippen LogP contribution in [0.1, 0.15) is 24.1 Å². The van der Waals surface area contributed by atoms with Crippen LogP contribution in [0.5, 0.6) is 5.75 Å². The third-order valence-corrected chi connectivity index (χ3v) is 3.54. The molecule has 118 valence electrons. The predicted octanol–water partition coefficient (Wildman–Crippen LogP) is 2.67. The van der Waals surface area contributed by atoms with Gasteiger partial charge in [-0.25, -0.2) is 0 Å². The molecule has 0 saturated heterocycles. The summed E-state index contributed by atoms with van der Waals surface area (Å²) in [5, 5.41) is 22.3. The minimum Gasteiger partial charge on any atom is -0.497 e. The Labute approximate surface area is 135 Å². The Kier molecular flexibility index (Phi) is 5.34. The molecule has 2 aromatic rings. The first-order valence-electron chi connectivity index (χ1n) is 7.14. The molecule has 2 aromatic carbocycles. The lowest BCUT2D eigenvalue weighted by atomic mass is 9.97. The molecule has 0 unspecified atom stereocenters. The number of nitrogens with one attached hydrogen (secondary N) is 1. The van der Waals surface area contributed by atoms with Gasteiger partial charge in [0, 0.05) is 5.69 Å². The topological polar surface area (TPSA) is 82.3 Å². The maximum absolute atomic E-state index is 11.6. The van der Waals surface area contributed by atoms with Gasteiger partial charge >= 0.3 is 0 Å². The van der Waals surface area contributed by atoms with Gasteiger partial charge in [0.15, 0.2) is 5.78 Å². The van der Waals surface area contributed by atoms with E-state index < -0.39 is 12.1 Å². The number of carbonyl (C=O) groups is 1. The number of ketones is 1. The van der Waals surface area contributed by atoms with E-state index in [4.69, 9.17) is 10.00 Å². The fourth-order valence-corrected chi connectivity index (χ4v) is 2.21. The minimum absolute atomic E-state index is 0.333. The first-order chi connectivity index (χ1) is 11.0. The molecule has 0 fully saturated rings. The van der Waals surface area contributed by atoms with Gasteiger partial charge in [-0.1, -0.05) is 12.1 Å². The number of benzene rings is 2. The molecule has 0 spiro atoms. The number of carbonyl (C=O) groups excluding carboxylic acids is 1. The fraction of sp³-hybridized carbons (Fsp3) is 0.222. The zero-order chi connectivity index (χ0) is 16.8. The Morgan fingerprint density at radius 1 is 1.17 bits per heavy atom. The molecule has 5 heteroatoms. The summed E-state index contributed by atoms with van der Waals surface area (Å²) in [5.74, 6) is 0.387. The molecule has 5 nitrogen and oxygen atoms in total. The molecule has 2 N–H and O–H groups in total. The first-order valence-corrected chi connectivity index (χ1v) is 7.14. The third-order valence-electron chi connectivity index (χ3n) is 3.54. The molecule has 2 atom stereocenters. The van der Waals surface area contributed by atoms with Gasteiger partial charge in [0.25, 0.3) is 0 Å². The maximum atomic E-state index is 11.6. The van der Waals surface area contributed by atoms with Gasteiger partial charge in [-0.15, -0.1) is 0 Å². The van der Waals surface area contributed by atoms with Gasteiger partial charge in [-0.3, -0.25) is 4.79 Å². The number of hydrogen-bond acceptors (Lipinski definition) is 5. The zero-order valence-electron chi connectivity index (χ0n) is 13.0. The van der Waals surface area contributed by atoms with Crippen LogP contribution >= 0.6 is 0 Å². The molecule has 0 aliphatic rings. The Hall–Kier alpha value is -2.84. The monoisotopic (exact) mass is 310 g/mol. The van der Waals surface area contributed by atoms with Crippen LogP contribution in [0.25, 0.3) is 0 Å². The molecular weight excluding hydrogens is 292 g/mol. The number of hydrogen-bond donors (Lipinski definition) is 2. The Bertz CT molecular complexity index is 703. The molecule has 0 radical (unpaired) electrons. The van der Waals surface area contributed by atoms with Crippen molar-refractivity contribution >= 4 is 11.5 Å². The molecule has 0 aromatic heterocycles. The van der Waals surface area contributed by atoms with Crippen LogP contribution in [-0.2, 0) is 4.79 Å². The summed E-state index contributed by atoms with van der Waals surface area (Å²) in [6.45, 7) is 1.34. The number of ether oxygens (including phenoxy) is 1. The average molecular weight is 310 g/mol. The summed E-state index contributed by atoms with van der Waals surface area (Å²) in [7, 11) is 1.58. The Morgan fingerprint density at radius 2 is 1.78 bits per heavy atom. The lowest BCUT2D eigenvalue weighted by molar-refractivity contribution is -0.125. The molecule has 0 aliphatic carbocycles. The van der Waals surface area contributed by atoms with Gasteiger partial charge in [0.2, 0.25) is 0 Å². The standard InChI is InChI=1S/C18H18N2O3/c1-12(21)18(22)17(14-5-3-13(11-19)4-6-14)20-15-7-9-16(23-2)10-8-15/h3-10,17-18,20,22H,1-2H3/t17-,18+/m1/s1. The highest BCUT2D eigenvalue weighted by Gasteiger charge is 2.24. The Morgan fingerprint density at radius 3 is 2.26 bits per heavy atom. The largest absolute Gasteiger partial charge is 0.497 e. The summed E-state index contributed by atoms with van der Waals surface area (Å²) in [4.78, 5) is 11.6. The third kappa shape index (κ3) is 4.09. The van der Waals surface area contributed by atoms with Crippen LogP contribution in [0.2, 0.25) is 0 Å². The number of rotatable bonds is 6. The minimum atomic E-state index is -1.19. The lowest BCUT2D eigenvalue weighted by Crippen LogP contribution is -2.31. The highest BCUT2D eigenvalue weighted by atomic mass is 16.5. The number of Topliss-reactive ketones (excluding diaryl/α,β-unsaturated/α-hetero) is 1. The van der Waals surface area contributed by atoms with Crippen molar-refractivity contribution in [3.63, 3.8) is 0 Å². The summed E-state index contributed by atoms with van der Waals surface area (Å²) in [6, 6.07) is 15.4. The molecule has 2 rings (SSSR count). The second-order valence-corrected chi connectivity index (χ2v) is 5.14. The maximum Gasteiger partial charge on any atom is 0.160 e. The summed E-state index contributed by atoms with van der Waals surface area (Å²) in [5.41, 5.74) is 2.00. The van der Waals surface area contributed by atoms with Crippen molar-refractivity contribution in [3.05, 3.63) is 59.7 Å². The number of nitrogens with zero attached hydrogens (tertiary/aromatic N) is 1. The molecule has 0 bridgehead atoms. The van der Waals surface area contributed by atoms with E-state index in [1.807, 2.05) is 18.2 Å². The summed E-state index contributed by atoms with van der Waals surface area (Å²) >= 11 is 0. The van der Waals surface area contributed by atoms with Gasteiger partial charge in [0.05, 0.1) is 24.8 Å². The van der Waals surface area contributed by atoms with E-state index in [0.717, 1.165) is 17.0 Å². The van der Waals surface area contributed by atoms with Crippen LogP contribution in [0.4, 0.5) is 5.69 Å². The van der Waals surface area contributed by atoms with E-state index in [0.29, 0.717) is 5.56 Å². The second kappa shape index (κ2) is 7.43. The second-order valence-electron chi connectivity index (χ2n) is 5.14. The van der Waals surface area contributed by atoms with Gasteiger partial charge in [-0.2, -0.15) is 5.26 Å². The number of nitriles is 1. The van der Waals surface area contributed by atoms with Crippen molar-refractivity contribution in [1.82, 2.24) is 0 Å². The van der Waals surface area contributed by atoms with E-state index in [1.165, 1.54) is 6.92 Å². The molecule has 23 heavy (non-hydrogen) atoms. The summed E-state index contributed by atoms with van der Waals surface area (Å²) in [6.07, 6.45) is -1.19. The van der Waals surface area contributed by atoms with E-state index in [2.05, 4.69) is 5.32 Å². The van der Waals surface area contributed by atoms with E-state index in [1.54, 1.807) is 43.5 Å². The van der Waals surface area contributed by atoms with Gasteiger partial charge in [0.1, 0.15) is 11.9 Å². The van der Waals surface area contributed by atoms with Crippen molar-refractivity contribution in [3.8, 4) is 11.8 Å².